The lowest BCUT2D eigenvalue weighted by Gasteiger charge is -2.13. The molecule has 0 aliphatic heterocycles. The summed E-state index contributed by atoms with van der Waals surface area (Å²) < 4.78 is 7.02. The lowest BCUT2D eigenvalue weighted by atomic mass is 9.97. The molecular weight excluding hydrogens is 641 g/mol. The third-order valence-electron chi connectivity index (χ3n) is 11.0. The number of hydrogen-bond donors (Lipinski definition) is 0. The van der Waals surface area contributed by atoms with Crippen LogP contribution in [0.3, 0.4) is 0 Å². The minimum Gasteiger partial charge on any atom is -0.308 e. The molecule has 0 fully saturated rings. The number of hydrogen-bond acceptors (Lipinski definition) is 2. The van der Waals surface area contributed by atoms with Crippen LogP contribution in [-0.2, 0) is 0 Å². The summed E-state index contributed by atoms with van der Waals surface area (Å²) in [6.45, 7) is 0. The summed E-state index contributed by atoms with van der Waals surface area (Å²) in [5.74, 6) is 0. The maximum atomic E-state index is 13.9. The second-order valence-electron chi connectivity index (χ2n) is 13.6. The first-order valence-corrected chi connectivity index (χ1v) is 18.1. The van der Waals surface area contributed by atoms with Crippen molar-refractivity contribution in [2.24, 2.45) is 0 Å². The van der Waals surface area contributed by atoms with E-state index >= 15 is 0 Å². The molecule has 0 N–H and O–H groups in total. The molecule has 0 aliphatic carbocycles. The average molecular weight is 667 g/mol. The second-order valence-corrected chi connectivity index (χ2v) is 14.6. The molecule has 0 radical (unpaired) electrons. The Balaban J connectivity index is 1.21. The van der Waals surface area contributed by atoms with Crippen molar-refractivity contribution in [1.29, 1.82) is 0 Å². The monoisotopic (exact) mass is 666 g/mol. The molecule has 0 saturated heterocycles. The number of thiophene rings is 1. The highest BCUT2D eigenvalue weighted by atomic mass is 32.1. The molecule has 3 nitrogen and oxygen atoms in total. The molecule has 0 spiro atoms. The van der Waals surface area contributed by atoms with E-state index in [0.717, 1.165) is 54.8 Å². The molecular formula is C47H26N2OS. The first-order chi connectivity index (χ1) is 25.2. The fourth-order valence-electron chi connectivity index (χ4n) is 8.92. The third kappa shape index (κ3) is 3.49. The Morgan fingerprint density at radius 1 is 0.412 bits per heavy atom. The van der Waals surface area contributed by atoms with Crippen LogP contribution in [0.4, 0.5) is 0 Å². The molecule has 12 rings (SSSR count). The van der Waals surface area contributed by atoms with Crippen LogP contribution in [0.25, 0.3) is 108 Å². The summed E-state index contributed by atoms with van der Waals surface area (Å²) in [5.41, 5.74) is 7.81. The zero-order chi connectivity index (χ0) is 33.4. The van der Waals surface area contributed by atoms with Crippen molar-refractivity contribution in [3.05, 3.63) is 168 Å². The van der Waals surface area contributed by atoms with Crippen LogP contribution in [-0.4, -0.2) is 8.97 Å². The topological polar surface area (TPSA) is 26.4 Å². The standard InChI is InChI=1S/C47H26N2OS/c50-47-34-18-4-1-14-30(34)37-25-28(26-38-31-15-5-8-21-39(31)49(47)44(37)38)27-12-11-13-29(24-27)48-40-22-9-6-19-35(40)42-32-16-2-3-17-33(32)43-36-20-7-10-23-41(36)51-46(43)45(42)48/h1-26H. The summed E-state index contributed by atoms with van der Waals surface area (Å²) in [7, 11) is 0. The summed E-state index contributed by atoms with van der Waals surface area (Å²) in [6.07, 6.45) is 0. The van der Waals surface area contributed by atoms with Gasteiger partial charge in [0, 0.05) is 53.5 Å². The lowest BCUT2D eigenvalue weighted by Crippen LogP contribution is -2.12. The minimum absolute atomic E-state index is 0.0329. The highest BCUT2D eigenvalue weighted by Crippen LogP contribution is 2.48. The molecule has 0 atom stereocenters. The highest BCUT2D eigenvalue weighted by Gasteiger charge is 2.22. The van der Waals surface area contributed by atoms with Crippen LogP contribution in [0.5, 0.6) is 0 Å². The molecule has 0 unspecified atom stereocenters. The van der Waals surface area contributed by atoms with Crippen LogP contribution in [0.15, 0.2) is 163 Å². The zero-order valence-electron chi connectivity index (χ0n) is 27.2. The largest absolute Gasteiger partial charge is 0.308 e. The smallest absolute Gasteiger partial charge is 0.263 e. The fraction of sp³-hybridized carbons (Fsp3) is 0. The van der Waals surface area contributed by atoms with Crippen molar-refractivity contribution in [2.45, 2.75) is 0 Å². The van der Waals surface area contributed by atoms with E-state index in [-0.39, 0.29) is 5.56 Å². The lowest BCUT2D eigenvalue weighted by molar-refractivity contribution is 1.19. The number of fused-ring (bicyclic) bond motifs is 15. The number of nitrogens with zero attached hydrogens (tertiary/aromatic N) is 2. The van der Waals surface area contributed by atoms with Gasteiger partial charge in [-0.05, 0) is 75.8 Å². The first kappa shape index (κ1) is 27.3. The van der Waals surface area contributed by atoms with Crippen LogP contribution >= 0.6 is 11.3 Å². The maximum absolute atomic E-state index is 13.9. The van der Waals surface area contributed by atoms with Gasteiger partial charge in [0.15, 0.2) is 0 Å². The van der Waals surface area contributed by atoms with Gasteiger partial charge in [-0.3, -0.25) is 9.20 Å². The van der Waals surface area contributed by atoms with Gasteiger partial charge in [0.2, 0.25) is 0 Å². The van der Waals surface area contributed by atoms with Crippen LogP contribution in [0, 0.1) is 0 Å². The van der Waals surface area contributed by atoms with Crippen molar-refractivity contribution < 1.29 is 0 Å². The van der Waals surface area contributed by atoms with E-state index in [4.69, 9.17) is 0 Å². The fourth-order valence-corrected chi connectivity index (χ4v) is 10.2. The van der Waals surface area contributed by atoms with Crippen molar-refractivity contribution in [1.82, 2.24) is 8.97 Å². The predicted octanol–water partition coefficient (Wildman–Crippen LogP) is 12.5. The quantitative estimate of drug-likeness (QED) is 0.169. The van der Waals surface area contributed by atoms with E-state index < -0.39 is 0 Å². The Morgan fingerprint density at radius 3 is 1.82 bits per heavy atom. The Kier molecular flexibility index (Phi) is 5.26. The molecule has 12 aromatic rings. The normalized spacial score (nSPS) is 12.4. The Labute approximate surface area is 294 Å². The molecule has 0 aliphatic rings. The SMILES string of the molecule is O=c1c2ccccc2c2cc(-c3cccc(-n4c5ccccc5c5c6ccccc6c6c7ccccc7sc6c54)c3)cc3c4ccccc4n1c23. The number of rotatable bonds is 2. The third-order valence-corrected chi connectivity index (χ3v) is 12.2. The first-order valence-electron chi connectivity index (χ1n) is 17.3. The maximum Gasteiger partial charge on any atom is 0.263 e. The van der Waals surface area contributed by atoms with E-state index in [1.807, 2.05) is 40.0 Å². The molecule has 4 aromatic heterocycles. The average Bonchev–Trinajstić information content (AvgIpc) is 3.86. The van der Waals surface area contributed by atoms with Gasteiger partial charge in [0.05, 0.1) is 26.8 Å². The van der Waals surface area contributed by atoms with Crippen LogP contribution in [0.1, 0.15) is 0 Å². The van der Waals surface area contributed by atoms with E-state index in [9.17, 15) is 4.79 Å². The Bertz CT molecular complexity index is 3510. The highest BCUT2D eigenvalue weighted by molar-refractivity contribution is 7.27. The van der Waals surface area contributed by atoms with Gasteiger partial charge >= 0.3 is 0 Å². The summed E-state index contributed by atoms with van der Waals surface area (Å²) in [6, 6.07) is 56.4. The van der Waals surface area contributed by atoms with Crippen LogP contribution < -0.4 is 5.56 Å². The summed E-state index contributed by atoms with van der Waals surface area (Å²) in [5, 5.41) is 12.8. The van der Waals surface area contributed by atoms with Gasteiger partial charge in [-0.15, -0.1) is 11.3 Å². The molecule has 4 heteroatoms. The zero-order valence-corrected chi connectivity index (χ0v) is 28.0. The van der Waals surface area contributed by atoms with E-state index in [1.165, 1.54) is 52.8 Å². The molecule has 0 saturated carbocycles. The molecule has 8 aromatic carbocycles. The van der Waals surface area contributed by atoms with Gasteiger partial charge in [0.25, 0.3) is 5.56 Å². The summed E-state index contributed by atoms with van der Waals surface area (Å²) >= 11 is 1.89. The Hall–Kier alpha value is -6.49. The van der Waals surface area contributed by atoms with Gasteiger partial charge in [-0.1, -0.05) is 109 Å². The number of benzene rings is 8. The van der Waals surface area contributed by atoms with Crippen molar-refractivity contribution >= 4 is 102 Å². The van der Waals surface area contributed by atoms with E-state index in [2.05, 4.69) is 138 Å². The Morgan fingerprint density at radius 2 is 1.02 bits per heavy atom. The van der Waals surface area contributed by atoms with Crippen LogP contribution in [0.2, 0.25) is 0 Å². The molecule has 0 bridgehead atoms. The molecule has 236 valence electrons. The van der Waals surface area contributed by atoms with Gasteiger partial charge < -0.3 is 4.57 Å². The molecule has 51 heavy (non-hydrogen) atoms. The molecule has 4 heterocycles. The van der Waals surface area contributed by atoms with E-state index in [0.29, 0.717) is 0 Å². The molecule has 0 amide bonds. The number of para-hydroxylation sites is 2. The van der Waals surface area contributed by atoms with Crippen molar-refractivity contribution in [2.75, 3.05) is 0 Å². The number of aromatic nitrogens is 2. The predicted molar refractivity (Wildman–Crippen MR) is 218 cm³/mol. The van der Waals surface area contributed by atoms with E-state index in [1.54, 1.807) is 0 Å². The van der Waals surface area contributed by atoms with Crippen molar-refractivity contribution in [3.63, 3.8) is 0 Å². The minimum atomic E-state index is 0.0329. The van der Waals surface area contributed by atoms with Gasteiger partial charge in [-0.25, -0.2) is 0 Å². The van der Waals surface area contributed by atoms with Gasteiger partial charge in [0.1, 0.15) is 0 Å². The van der Waals surface area contributed by atoms with Crippen molar-refractivity contribution in [3.8, 4) is 16.8 Å². The second kappa shape index (κ2) is 9.81. The summed E-state index contributed by atoms with van der Waals surface area (Å²) in [4.78, 5) is 13.9. The number of pyridine rings is 1. The van der Waals surface area contributed by atoms with Gasteiger partial charge in [-0.2, -0.15) is 0 Å².